The molecule has 16 heavy (non-hydrogen) atoms. The van der Waals surface area contributed by atoms with E-state index in [1.165, 1.54) is 0 Å². The average Bonchev–Trinajstić information content (AvgIpc) is 2.18. The Kier molecular flexibility index (Phi) is 14.6. The molecule has 0 bridgehead atoms. The van der Waals surface area contributed by atoms with Gasteiger partial charge in [0.25, 0.3) is 0 Å². The molecule has 0 heterocycles. The van der Waals surface area contributed by atoms with Crippen molar-refractivity contribution in [2.24, 2.45) is 0 Å². The SMILES string of the molecule is O=[PH]([O-])O[PH](=O)[O-].OCc1ccccc1.[Ca+2]. The van der Waals surface area contributed by atoms with E-state index in [4.69, 9.17) is 5.11 Å². The number of hydrogen-bond acceptors (Lipinski definition) is 6. The quantitative estimate of drug-likeness (QED) is 0.583. The van der Waals surface area contributed by atoms with Gasteiger partial charge in [-0.15, -0.1) is 0 Å². The summed E-state index contributed by atoms with van der Waals surface area (Å²) in [5.74, 6) is 0. The van der Waals surface area contributed by atoms with Crippen LogP contribution < -0.4 is 9.79 Å². The molecule has 0 spiro atoms. The number of aliphatic hydroxyl groups excluding tert-OH is 1. The predicted molar refractivity (Wildman–Crippen MR) is 57.2 cm³/mol. The molecule has 9 heteroatoms. The van der Waals surface area contributed by atoms with E-state index in [0.29, 0.717) is 0 Å². The van der Waals surface area contributed by atoms with E-state index in [1.807, 2.05) is 30.3 Å². The Morgan fingerprint density at radius 2 is 1.56 bits per heavy atom. The summed E-state index contributed by atoms with van der Waals surface area (Å²) in [5.41, 5.74) is 0.965. The zero-order chi connectivity index (χ0) is 11.7. The monoisotopic (exact) mass is 292 g/mol. The smallest absolute Gasteiger partial charge is 0.781 e. The van der Waals surface area contributed by atoms with Crippen molar-refractivity contribution in [3.8, 4) is 0 Å². The van der Waals surface area contributed by atoms with E-state index in [-0.39, 0.29) is 44.3 Å². The maximum atomic E-state index is 9.29. The fourth-order valence-electron chi connectivity index (χ4n) is 0.651. The van der Waals surface area contributed by atoms with Gasteiger partial charge in [0, 0.05) is 0 Å². The number of benzene rings is 1. The first kappa shape index (κ1) is 19.1. The normalized spacial score (nSPS) is 12.7. The molecule has 2 atom stereocenters. The summed E-state index contributed by atoms with van der Waals surface area (Å²) < 4.78 is 21.8. The first-order valence-corrected chi connectivity index (χ1v) is 6.25. The molecule has 0 radical (unpaired) electrons. The van der Waals surface area contributed by atoms with Crippen LogP contribution in [0.3, 0.4) is 0 Å². The van der Waals surface area contributed by atoms with Crippen LogP contribution in [0.4, 0.5) is 0 Å². The third-order valence-electron chi connectivity index (χ3n) is 1.19. The molecule has 1 rings (SSSR count). The Labute approximate surface area is 124 Å². The van der Waals surface area contributed by atoms with Gasteiger partial charge in [-0.3, -0.25) is 4.31 Å². The van der Waals surface area contributed by atoms with Crippen molar-refractivity contribution in [2.45, 2.75) is 6.61 Å². The predicted octanol–water partition coefficient (Wildman–Crippen LogP) is -0.699. The van der Waals surface area contributed by atoms with Crippen LogP contribution in [-0.2, 0) is 20.0 Å². The van der Waals surface area contributed by atoms with Crippen molar-refractivity contribution < 1.29 is 28.3 Å². The number of hydrogen-bond donors (Lipinski definition) is 1. The molecular weight excluding hydrogens is 282 g/mol. The topological polar surface area (TPSA) is 110 Å². The summed E-state index contributed by atoms with van der Waals surface area (Å²) in [5, 5.41) is 8.54. The van der Waals surface area contributed by atoms with E-state index in [9.17, 15) is 18.9 Å². The van der Waals surface area contributed by atoms with E-state index in [1.54, 1.807) is 0 Å². The molecule has 1 N–H and O–H groups in total. The van der Waals surface area contributed by atoms with E-state index < -0.39 is 16.5 Å². The van der Waals surface area contributed by atoms with Crippen LogP contribution in [0.15, 0.2) is 30.3 Å². The molecule has 0 aliphatic heterocycles. The molecular formula is C7H10CaO6P2. The summed E-state index contributed by atoms with van der Waals surface area (Å²) in [6.45, 7) is 0.140. The van der Waals surface area contributed by atoms with Crippen LogP contribution in [0, 0.1) is 0 Å². The molecule has 0 aromatic heterocycles. The van der Waals surface area contributed by atoms with Crippen LogP contribution in [0.25, 0.3) is 0 Å². The van der Waals surface area contributed by atoms with Crippen LogP contribution in [0.5, 0.6) is 0 Å². The first-order valence-electron chi connectivity index (χ1n) is 3.81. The molecule has 0 fully saturated rings. The zero-order valence-electron chi connectivity index (χ0n) is 8.29. The summed E-state index contributed by atoms with van der Waals surface area (Å²) >= 11 is 0. The van der Waals surface area contributed by atoms with Gasteiger partial charge in [0.05, 0.1) is 6.61 Å². The number of aliphatic hydroxyl groups is 1. The zero-order valence-corrected chi connectivity index (χ0v) is 12.5. The minimum atomic E-state index is -3.51. The molecule has 0 saturated heterocycles. The summed E-state index contributed by atoms with van der Waals surface area (Å²) in [6, 6.07) is 9.52. The fraction of sp³-hybridized carbons (Fsp3) is 0.143. The van der Waals surface area contributed by atoms with Crippen LogP contribution >= 0.6 is 16.5 Å². The van der Waals surface area contributed by atoms with Gasteiger partial charge in [-0.25, -0.2) is 0 Å². The van der Waals surface area contributed by atoms with Gasteiger partial charge in [-0.1, -0.05) is 30.3 Å². The van der Waals surface area contributed by atoms with Crippen molar-refractivity contribution in [3.05, 3.63) is 35.9 Å². The fourth-order valence-corrected chi connectivity index (χ4v) is 1.20. The van der Waals surface area contributed by atoms with Crippen molar-refractivity contribution >= 4 is 54.2 Å². The van der Waals surface area contributed by atoms with Gasteiger partial charge >= 0.3 is 37.7 Å². The molecule has 1 aromatic carbocycles. The van der Waals surface area contributed by atoms with Crippen molar-refractivity contribution in [1.82, 2.24) is 0 Å². The second-order valence-corrected chi connectivity index (χ2v) is 4.06. The Bertz CT molecular complexity index is 308. The maximum absolute atomic E-state index is 9.29. The van der Waals surface area contributed by atoms with Crippen LogP contribution in [0.2, 0.25) is 0 Å². The average molecular weight is 292 g/mol. The second kappa shape index (κ2) is 12.2. The molecule has 0 aliphatic carbocycles. The summed E-state index contributed by atoms with van der Waals surface area (Å²) in [4.78, 5) is 18.6. The Morgan fingerprint density at radius 1 is 1.12 bits per heavy atom. The van der Waals surface area contributed by atoms with Gasteiger partial charge in [-0.05, 0) is 5.56 Å². The number of rotatable bonds is 3. The van der Waals surface area contributed by atoms with E-state index >= 15 is 0 Å². The molecule has 86 valence electrons. The molecule has 0 aliphatic rings. The van der Waals surface area contributed by atoms with Gasteiger partial charge in [-0.2, -0.15) is 0 Å². The second-order valence-electron chi connectivity index (χ2n) is 2.25. The van der Waals surface area contributed by atoms with Crippen molar-refractivity contribution in [3.63, 3.8) is 0 Å². The molecule has 0 amide bonds. The Morgan fingerprint density at radius 3 is 1.75 bits per heavy atom. The van der Waals surface area contributed by atoms with Crippen molar-refractivity contribution in [1.29, 1.82) is 0 Å². The van der Waals surface area contributed by atoms with Crippen LogP contribution in [-0.4, -0.2) is 42.8 Å². The third kappa shape index (κ3) is 12.8. The summed E-state index contributed by atoms with van der Waals surface area (Å²) in [7, 11) is -7.03. The third-order valence-corrected chi connectivity index (χ3v) is 2.53. The van der Waals surface area contributed by atoms with Gasteiger partial charge in [0.2, 0.25) is 0 Å². The van der Waals surface area contributed by atoms with E-state index in [2.05, 4.69) is 4.31 Å². The van der Waals surface area contributed by atoms with E-state index in [0.717, 1.165) is 5.56 Å². The van der Waals surface area contributed by atoms with Gasteiger partial charge < -0.3 is 24.0 Å². The van der Waals surface area contributed by atoms with Crippen molar-refractivity contribution in [2.75, 3.05) is 0 Å². The minimum absolute atomic E-state index is 0. The molecule has 6 nitrogen and oxygen atoms in total. The standard InChI is InChI=1S/C7H8O.Ca.H4O5P2/c8-6-7-4-2-1-3-5-7;;1-6(2)5-7(3)4/h1-5,8H,6H2;;6-7H,(H,1,2)(H,3,4)/q;+2;/p-2. The first-order chi connectivity index (χ1) is 7.06. The summed E-state index contributed by atoms with van der Waals surface area (Å²) in [6.07, 6.45) is 0. The molecule has 2 unspecified atom stereocenters. The molecule has 0 saturated carbocycles. The Balaban J connectivity index is 0. The van der Waals surface area contributed by atoms with Gasteiger partial charge in [0.15, 0.2) is 0 Å². The molecule has 1 aromatic rings. The minimum Gasteiger partial charge on any atom is -0.781 e. The maximum Gasteiger partial charge on any atom is 2.00 e. The largest absolute Gasteiger partial charge is 2.00 e. The van der Waals surface area contributed by atoms with Crippen LogP contribution in [0.1, 0.15) is 5.56 Å². The Hall–Kier alpha value is 0.780. The van der Waals surface area contributed by atoms with Gasteiger partial charge in [0.1, 0.15) is 16.5 Å².